The number of allylic oxidation sites excluding steroid dienone is 4. The number of rotatable bonds is 14. The van der Waals surface area contributed by atoms with Gasteiger partial charge >= 0.3 is 212 Å². The molecule has 0 bridgehead atoms. The van der Waals surface area contributed by atoms with Crippen molar-refractivity contribution in [2.45, 2.75) is 61.2 Å². The summed E-state index contributed by atoms with van der Waals surface area (Å²) in [4.78, 5) is 4.74. The van der Waals surface area contributed by atoms with E-state index >= 15 is 0 Å². The molecule has 0 atom stereocenters. The zero-order valence-corrected chi connectivity index (χ0v) is 38.2. The zero-order valence-electron chi connectivity index (χ0n) is 34.6. The van der Waals surface area contributed by atoms with Crippen molar-refractivity contribution in [1.29, 1.82) is 0 Å². The molecule has 0 unspecified atom stereocenters. The van der Waals surface area contributed by atoms with Crippen LogP contribution in [0.25, 0.3) is 9.06 Å². The number of hydrogen-bond donors (Lipinski definition) is 0. The standard InChI is InChI=1S/C23H19BClN.C23H19N.2C4H9.Sn/c25-24-18-10-9-16-22(24)21-15-7-8-17-23(21)26(19-11-3-1-4-12-19)20-13-5-2-6-14-20;1-2-3-6-13-20-14-11-12-19-23(20)24(21-15-7-4-8-16-21)22-17-9-5-10-18-22;2*1-3-4-2;/h1-8,10-18H,9H2;1-2,4-12,14-19H,3H2;2*1,3-4H2,2H3;. The second kappa shape index (κ2) is 21.3. The molecule has 0 N–H and O–H groups in total. The first-order chi connectivity index (χ1) is 29.1. The zero-order chi connectivity index (χ0) is 40.7. The fraction of sp³-hybridized carbons (Fsp3) is 0.185. The van der Waals surface area contributed by atoms with E-state index in [4.69, 9.17) is 11.5 Å². The minimum Gasteiger partial charge on any atom is -0.310 e. The van der Waals surface area contributed by atoms with Crippen LogP contribution in [0.15, 0.2) is 204 Å². The van der Waals surface area contributed by atoms with Crippen molar-refractivity contribution in [3.63, 3.8) is 0 Å². The van der Waals surface area contributed by atoms with Gasteiger partial charge in [-0.1, -0.05) is 78.2 Å². The second-order valence-electron chi connectivity index (χ2n) is 15.4. The quantitative estimate of drug-likeness (QED) is 0.101. The molecule has 0 fully saturated rings. The topological polar surface area (TPSA) is 6.48 Å². The fourth-order valence-corrected chi connectivity index (χ4v) is 23.5. The summed E-state index contributed by atoms with van der Waals surface area (Å²) in [7, 11) is 0. The third kappa shape index (κ3) is 10.3. The molecule has 5 heteroatoms. The summed E-state index contributed by atoms with van der Waals surface area (Å²) in [5.41, 5.74) is 10.9. The molecule has 0 aromatic heterocycles. The Hall–Kier alpha value is -4.97. The van der Waals surface area contributed by atoms with E-state index in [1.807, 2.05) is 12.1 Å². The van der Waals surface area contributed by atoms with Gasteiger partial charge in [-0.05, 0) is 42.3 Å². The van der Waals surface area contributed by atoms with Crippen LogP contribution in [0.1, 0.15) is 63.5 Å². The van der Waals surface area contributed by atoms with Crippen LogP contribution in [0, 0.1) is 0 Å². The van der Waals surface area contributed by atoms with Gasteiger partial charge in [-0.2, -0.15) is 11.5 Å². The minimum absolute atomic E-state index is 0.0988. The third-order valence-electron chi connectivity index (χ3n) is 11.4. The molecular weight excluding hydrogens is 842 g/mol. The molecule has 2 heterocycles. The van der Waals surface area contributed by atoms with Crippen molar-refractivity contribution in [2.24, 2.45) is 0 Å². The Morgan fingerprint density at radius 2 is 0.898 bits per heavy atom. The molecule has 8 rings (SSSR count). The molecule has 296 valence electrons. The second-order valence-corrected chi connectivity index (χ2v) is 27.8. The van der Waals surface area contributed by atoms with Crippen LogP contribution in [-0.4, -0.2) is 24.5 Å². The van der Waals surface area contributed by atoms with Gasteiger partial charge in [0.1, 0.15) is 0 Å². The first kappa shape index (κ1) is 42.2. The number of unbranched alkanes of at least 4 members (excludes halogenated alkanes) is 2. The Morgan fingerprint density at radius 1 is 0.492 bits per heavy atom. The van der Waals surface area contributed by atoms with Gasteiger partial charge in [0, 0.05) is 11.4 Å². The van der Waals surface area contributed by atoms with E-state index in [9.17, 15) is 0 Å². The van der Waals surface area contributed by atoms with Gasteiger partial charge in [0.2, 0.25) is 0 Å². The molecule has 2 aliphatic rings. The van der Waals surface area contributed by atoms with E-state index in [-0.39, 0.29) is 6.13 Å². The summed E-state index contributed by atoms with van der Waals surface area (Å²) in [5, 5.41) is 0. The SMILES string of the molecule is CCC[CH2][Sn]1([CH2]CCC)[CH]=CCC=[C]1c1ccccc1N(c1ccccc1)c1ccccc1.ClB1C=CCC=C1c1ccccc1N(c1ccccc1)c1ccccc1. The summed E-state index contributed by atoms with van der Waals surface area (Å²) in [6.07, 6.45) is 16.6. The van der Waals surface area contributed by atoms with E-state index in [2.05, 4.69) is 216 Å². The molecule has 0 amide bonds. The van der Waals surface area contributed by atoms with Crippen molar-refractivity contribution < 1.29 is 0 Å². The van der Waals surface area contributed by atoms with Crippen LogP contribution in [0.4, 0.5) is 34.1 Å². The predicted molar refractivity (Wildman–Crippen MR) is 263 cm³/mol. The molecule has 0 saturated carbocycles. The van der Waals surface area contributed by atoms with Gasteiger partial charge in [0.25, 0.3) is 0 Å². The van der Waals surface area contributed by atoms with Crippen molar-refractivity contribution in [1.82, 2.24) is 0 Å². The average molecular weight is 898 g/mol. The largest absolute Gasteiger partial charge is 0.310 e. The molecular formula is C54H56BClN2Sn. The molecule has 6 aromatic carbocycles. The van der Waals surface area contributed by atoms with E-state index in [0.29, 0.717) is 0 Å². The van der Waals surface area contributed by atoms with Crippen LogP contribution in [0.3, 0.4) is 0 Å². The minimum atomic E-state index is -2.66. The fourth-order valence-electron chi connectivity index (χ4n) is 8.54. The maximum Gasteiger partial charge on any atom is 0.308 e. The van der Waals surface area contributed by atoms with Gasteiger partial charge in [-0.15, -0.1) is 0 Å². The Bertz CT molecular complexity index is 2250. The third-order valence-corrected chi connectivity index (χ3v) is 25.8. The Labute approximate surface area is 363 Å². The molecule has 0 aliphatic carbocycles. The van der Waals surface area contributed by atoms with Gasteiger partial charge in [-0.3, -0.25) is 0 Å². The maximum absolute atomic E-state index is 6.61. The monoisotopic (exact) mass is 898 g/mol. The van der Waals surface area contributed by atoms with E-state index in [1.54, 1.807) is 3.59 Å². The van der Waals surface area contributed by atoms with Crippen molar-refractivity contribution in [3.8, 4) is 0 Å². The predicted octanol–water partition coefficient (Wildman–Crippen LogP) is 16.4. The summed E-state index contributed by atoms with van der Waals surface area (Å²) in [6.45, 7) is 4.69. The maximum atomic E-state index is 6.61. The van der Waals surface area contributed by atoms with Crippen LogP contribution < -0.4 is 9.80 Å². The van der Waals surface area contributed by atoms with Gasteiger partial charge < -0.3 is 4.90 Å². The molecule has 6 aromatic rings. The summed E-state index contributed by atoms with van der Waals surface area (Å²) < 4.78 is 7.33. The van der Waals surface area contributed by atoms with Crippen molar-refractivity contribution in [3.05, 3.63) is 215 Å². The van der Waals surface area contributed by atoms with Crippen LogP contribution in [0.5, 0.6) is 0 Å². The number of hydrogen-bond acceptors (Lipinski definition) is 2. The summed E-state index contributed by atoms with van der Waals surface area (Å²) in [6, 6.07) is 60.2. The summed E-state index contributed by atoms with van der Waals surface area (Å²) in [5.74, 6) is 2.07. The first-order valence-corrected chi connectivity index (χ1v) is 29.1. The Balaban J connectivity index is 0.000000184. The van der Waals surface area contributed by atoms with Crippen molar-refractivity contribution in [2.75, 3.05) is 9.80 Å². The smallest absolute Gasteiger partial charge is 0.308 e. The molecule has 2 aliphatic heterocycles. The number of para-hydroxylation sites is 6. The number of anilines is 6. The van der Waals surface area contributed by atoms with E-state index in [0.717, 1.165) is 29.9 Å². The average Bonchev–Trinajstić information content (AvgIpc) is 3.30. The molecule has 0 radical (unpaired) electrons. The molecule has 0 spiro atoms. The van der Waals surface area contributed by atoms with E-state index < -0.39 is 18.4 Å². The molecule has 2 nitrogen and oxygen atoms in total. The Morgan fingerprint density at radius 3 is 1.36 bits per heavy atom. The molecule has 0 saturated heterocycles. The normalized spacial score (nSPS) is 14.1. The van der Waals surface area contributed by atoms with Crippen LogP contribution in [-0.2, 0) is 0 Å². The summed E-state index contributed by atoms with van der Waals surface area (Å²) >= 11 is 3.95. The van der Waals surface area contributed by atoms with Gasteiger partial charge in [0.15, 0.2) is 0 Å². The van der Waals surface area contributed by atoms with E-state index in [1.165, 1.54) is 68.2 Å². The first-order valence-electron chi connectivity index (χ1n) is 21.5. The van der Waals surface area contributed by atoms with Crippen LogP contribution in [0.2, 0.25) is 8.87 Å². The van der Waals surface area contributed by atoms with Crippen molar-refractivity contribution >= 4 is 79.2 Å². The Kier molecular flexibility index (Phi) is 15.2. The molecule has 59 heavy (non-hydrogen) atoms. The number of benzene rings is 6. The van der Waals surface area contributed by atoms with Gasteiger partial charge in [-0.25, -0.2) is 0 Å². The number of halogens is 1. The van der Waals surface area contributed by atoms with Crippen LogP contribution >= 0.6 is 11.5 Å². The number of nitrogens with zero attached hydrogens (tertiary/aromatic N) is 2. The van der Waals surface area contributed by atoms with Gasteiger partial charge in [0.05, 0.1) is 5.69 Å².